The molecule has 1 amide bonds. The van der Waals surface area contributed by atoms with Crippen LogP contribution in [0.5, 0.6) is 0 Å². The molecule has 0 bridgehead atoms. The van der Waals surface area contributed by atoms with E-state index in [-0.39, 0.29) is 47.5 Å². The molecule has 30 heavy (non-hydrogen) atoms. The Morgan fingerprint density at radius 1 is 1.23 bits per heavy atom. The van der Waals surface area contributed by atoms with Crippen molar-refractivity contribution in [1.29, 1.82) is 0 Å². The van der Waals surface area contributed by atoms with Gasteiger partial charge in [0.25, 0.3) is 11.5 Å². The first-order valence-corrected chi connectivity index (χ1v) is 9.35. The number of fused-ring (bicyclic) bond motifs is 1. The quantitative estimate of drug-likeness (QED) is 0.672. The SMILES string of the molecule is COCC1(CNC(=O)c2cc(C)c3c(=O)n(C)c(=O)n(C)c3n2)CCNCC1.Cl.Cl. The van der Waals surface area contributed by atoms with Crippen LogP contribution in [0.3, 0.4) is 0 Å². The maximum Gasteiger partial charge on any atom is 0.332 e. The van der Waals surface area contributed by atoms with Crippen molar-refractivity contribution in [2.75, 3.05) is 33.4 Å². The smallest absolute Gasteiger partial charge is 0.332 e. The zero-order chi connectivity index (χ0) is 20.5. The molecule has 0 atom stereocenters. The van der Waals surface area contributed by atoms with Gasteiger partial charge < -0.3 is 15.4 Å². The van der Waals surface area contributed by atoms with E-state index >= 15 is 0 Å². The summed E-state index contributed by atoms with van der Waals surface area (Å²) in [6.45, 7) is 4.57. The van der Waals surface area contributed by atoms with Crippen LogP contribution in [0.2, 0.25) is 0 Å². The average molecular weight is 462 g/mol. The second kappa shape index (κ2) is 10.4. The molecule has 2 aromatic heterocycles. The molecule has 1 fully saturated rings. The van der Waals surface area contributed by atoms with Crippen LogP contribution < -0.4 is 21.9 Å². The predicted molar refractivity (Wildman–Crippen MR) is 120 cm³/mol. The first-order valence-electron chi connectivity index (χ1n) is 9.35. The van der Waals surface area contributed by atoms with Gasteiger partial charge in [0.2, 0.25) is 0 Å². The largest absolute Gasteiger partial charge is 0.384 e. The van der Waals surface area contributed by atoms with E-state index in [1.165, 1.54) is 11.6 Å². The van der Waals surface area contributed by atoms with Crippen molar-refractivity contribution in [1.82, 2.24) is 24.8 Å². The molecule has 2 N–H and O–H groups in total. The van der Waals surface area contributed by atoms with Crippen LogP contribution in [0.4, 0.5) is 0 Å². The third-order valence-electron chi connectivity index (χ3n) is 5.58. The van der Waals surface area contributed by atoms with Gasteiger partial charge in [-0.25, -0.2) is 9.78 Å². The van der Waals surface area contributed by atoms with E-state index in [1.807, 2.05) is 0 Å². The molecule has 0 spiro atoms. The normalized spacial score (nSPS) is 15.2. The molecule has 3 heterocycles. The standard InChI is InChI=1S/C19H27N5O4.2ClH/c1-12-9-13(22-15-14(12)17(26)24(3)18(27)23(15)2)16(25)21-10-19(11-28-4)5-7-20-8-6-19;;/h9,20H,5-8,10-11H2,1-4H3,(H,21,25);2*1H. The minimum Gasteiger partial charge on any atom is -0.384 e. The van der Waals surface area contributed by atoms with E-state index in [4.69, 9.17) is 4.74 Å². The molecule has 2 aromatic rings. The molecular weight excluding hydrogens is 433 g/mol. The number of amides is 1. The summed E-state index contributed by atoms with van der Waals surface area (Å²) >= 11 is 0. The number of halogens is 2. The number of rotatable bonds is 5. The Bertz CT molecular complexity index is 1020. The second-order valence-electron chi connectivity index (χ2n) is 7.59. The van der Waals surface area contributed by atoms with E-state index in [0.717, 1.165) is 30.5 Å². The van der Waals surface area contributed by atoms with E-state index < -0.39 is 11.2 Å². The van der Waals surface area contributed by atoms with Gasteiger partial charge in [-0.3, -0.25) is 18.7 Å². The monoisotopic (exact) mass is 461 g/mol. The van der Waals surface area contributed by atoms with Crippen LogP contribution in [0.25, 0.3) is 11.0 Å². The first-order chi connectivity index (χ1) is 13.3. The molecule has 9 nitrogen and oxygen atoms in total. The number of aromatic nitrogens is 3. The Morgan fingerprint density at radius 3 is 2.47 bits per heavy atom. The van der Waals surface area contributed by atoms with Gasteiger partial charge in [0, 0.05) is 33.2 Å². The number of hydrogen-bond donors (Lipinski definition) is 2. The summed E-state index contributed by atoms with van der Waals surface area (Å²) in [4.78, 5) is 41.7. The maximum absolute atomic E-state index is 12.8. The van der Waals surface area contributed by atoms with Gasteiger partial charge in [0.05, 0.1) is 12.0 Å². The van der Waals surface area contributed by atoms with Crippen molar-refractivity contribution < 1.29 is 9.53 Å². The summed E-state index contributed by atoms with van der Waals surface area (Å²) in [5.74, 6) is -0.327. The van der Waals surface area contributed by atoms with Crippen molar-refractivity contribution in [3.63, 3.8) is 0 Å². The van der Waals surface area contributed by atoms with Crippen LogP contribution in [-0.2, 0) is 18.8 Å². The van der Waals surface area contributed by atoms with Crippen molar-refractivity contribution in [2.24, 2.45) is 19.5 Å². The van der Waals surface area contributed by atoms with Gasteiger partial charge in [-0.2, -0.15) is 0 Å². The molecule has 0 aromatic carbocycles. The summed E-state index contributed by atoms with van der Waals surface area (Å²) in [5.41, 5.74) is 0.0190. The summed E-state index contributed by atoms with van der Waals surface area (Å²) in [6.07, 6.45) is 1.83. The molecule has 0 saturated carbocycles. The number of methoxy groups -OCH3 is 1. The zero-order valence-electron chi connectivity index (χ0n) is 17.6. The zero-order valence-corrected chi connectivity index (χ0v) is 19.2. The molecule has 11 heteroatoms. The number of carbonyl (C=O) groups excluding carboxylic acids is 1. The van der Waals surface area contributed by atoms with E-state index in [9.17, 15) is 14.4 Å². The highest BCUT2D eigenvalue weighted by Gasteiger charge is 2.32. The number of piperidine rings is 1. The molecule has 1 saturated heterocycles. The molecule has 0 aliphatic carbocycles. The Labute approximate surface area is 187 Å². The number of carbonyl (C=O) groups is 1. The maximum atomic E-state index is 12.8. The molecule has 1 aliphatic heterocycles. The van der Waals surface area contributed by atoms with E-state index in [0.29, 0.717) is 24.1 Å². The number of hydrogen-bond acceptors (Lipinski definition) is 6. The van der Waals surface area contributed by atoms with E-state index in [2.05, 4.69) is 15.6 Å². The fraction of sp³-hybridized carbons (Fsp3) is 0.579. The van der Waals surface area contributed by atoms with Crippen molar-refractivity contribution in [2.45, 2.75) is 19.8 Å². The lowest BCUT2D eigenvalue weighted by molar-refractivity contribution is 0.0511. The van der Waals surface area contributed by atoms with Gasteiger partial charge in [-0.1, -0.05) is 0 Å². The second-order valence-corrected chi connectivity index (χ2v) is 7.59. The van der Waals surface area contributed by atoms with Crippen molar-refractivity contribution in [3.8, 4) is 0 Å². The summed E-state index contributed by atoms with van der Waals surface area (Å²) < 4.78 is 7.72. The Balaban J connectivity index is 0.00000225. The molecule has 0 radical (unpaired) electrons. The Kier molecular flexibility index (Phi) is 9.04. The number of nitrogens with one attached hydrogen (secondary N) is 2. The first kappa shape index (κ1) is 26.1. The summed E-state index contributed by atoms with van der Waals surface area (Å²) in [5, 5.41) is 6.63. The highest BCUT2D eigenvalue weighted by molar-refractivity contribution is 5.95. The fourth-order valence-corrected chi connectivity index (χ4v) is 3.84. The molecule has 0 unspecified atom stereocenters. The lowest BCUT2D eigenvalue weighted by Crippen LogP contribution is -2.47. The average Bonchev–Trinajstić information content (AvgIpc) is 2.69. The van der Waals surface area contributed by atoms with Crippen LogP contribution in [0, 0.1) is 12.3 Å². The molecule has 168 valence electrons. The number of aryl methyl sites for hydroxylation is 2. The third-order valence-corrected chi connectivity index (χ3v) is 5.58. The van der Waals surface area contributed by atoms with Gasteiger partial charge in [0.15, 0.2) is 0 Å². The highest BCUT2D eigenvalue weighted by Crippen LogP contribution is 2.28. The summed E-state index contributed by atoms with van der Waals surface area (Å²) in [7, 11) is 4.64. The molecular formula is C19H29Cl2N5O4. The van der Waals surface area contributed by atoms with Gasteiger partial charge in [-0.05, 0) is 44.5 Å². The van der Waals surface area contributed by atoms with Crippen LogP contribution in [0.1, 0.15) is 28.9 Å². The Hall–Kier alpha value is -1.94. The lowest BCUT2D eigenvalue weighted by atomic mass is 9.79. The number of pyridine rings is 1. The van der Waals surface area contributed by atoms with Crippen LogP contribution >= 0.6 is 24.8 Å². The lowest BCUT2D eigenvalue weighted by Gasteiger charge is -2.37. The number of ether oxygens (including phenoxy) is 1. The minimum absolute atomic E-state index is 0. The third kappa shape index (κ3) is 4.85. The number of nitrogens with zero attached hydrogens (tertiary/aromatic N) is 3. The molecule has 1 aliphatic rings. The molecule has 3 rings (SSSR count). The summed E-state index contributed by atoms with van der Waals surface area (Å²) in [6, 6.07) is 1.59. The fourth-order valence-electron chi connectivity index (χ4n) is 3.84. The van der Waals surface area contributed by atoms with Gasteiger partial charge in [0.1, 0.15) is 11.3 Å². The van der Waals surface area contributed by atoms with E-state index in [1.54, 1.807) is 27.1 Å². The predicted octanol–water partition coefficient (Wildman–Crippen LogP) is 0.530. The van der Waals surface area contributed by atoms with Crippen molar-refractivity contribution in [3.05, 3.63) is 38.2 Å². The minimum atomic E-state index is -0.476. The van der Waals surface area contributed by atoms with Crippen LogP contribution in [0.15, 0.2) is 15.7 Å². The topological polar surface area (TPSA) is 107 Å². The van der Waals surface area contributed by atoms with Crippen LogP contribution in [-0.4, -0.2) is 53.4 Å². The highest BCUT2D eigenvalue weighted by atomic mass is 35.5. The Morgan fingerprint density at radius 2 is 1.87 bits per heavy atom. The van der Waals surface area contributed by atoms with Gasteiger partial charge in [-0.15, -0.1) is 24.8 Å². The van der Waals surface area contributed by atoms with Gasteiger partial charge >= 0.3 is 5.69 Å². The van der Waals surface area contributed by atoms with Crippen molar-refractivity contribution >= 4 is 41.8 Å².